The Kier molecular flexibility index (Phi) is 4.10. The van der Waals surface area contributed by atoms with Crippen molar-refractivity contribution < 1.29 is 4.79 Å². The maximum Gasteiger partial charge on any atom is 0.255 e. The number of hydrogen-bond acceptors (Lipinski definition) is 3. The minimum atomic E-state index is 0.169. The van der Waals surface area contributed by atoms with Gasteiger partial charge in [0, 0.05) is 17.6 Å². The van der Waals surface area contributed by atoms with Crippen LogP contribution in [0.15, 0.2) is 22.9 Å². The van der Waals surface area contributed by atoms with E-state index in [1.165, 1.54) is 12.1 Å². The zero-order chi connectivity index (χ0) is 14.8. The number of amides is 1. The van der Waals surface area contributed by atoms with Gasteiger partial charge in [0.1, 0.15) is 0 Å². The fraction of sp³-hybridized carbons (Fsp3) is 0.500. The lowest BCUT2D eigenvalue weighted by atomic mass is 10.0. The lowest BCUT2D eigenvalue weighted by molar-refractivity contribution is 0.0583. The molecule has 21 heavy (non-hydrogen) atoms. The van der Waals surface area contributed by atoms with Crippen molar-refractivity contribution in [3.63, 3.8) is 0 Å². The molecule has 0 saturated carbocycles. The third kappa shape index (κ3) is 3.02. The number of carbonyl (C=O) groups is 1. The summed E-state index contributed by atoms with van der Waals surface area (Å²) in [5, 5.41) is 8.45. The molecule has 5 heteroatoms. The van der Waals surface area contributed by atoms with Gasteiger partial charge in [-0.2, -0.15) is 16.4 Å². The zero-order valence-corrected chi connectivity index (χ0v) is 13.4. The van der Waals surface area contributed by atoms with E-state index in [1.54, 1.807) is 11.3 Å². The highest BCUT2D eigenvalue weighted by atomic mass is 32.1. The van der Waals surface area contributed by atoms with Crippen LogP contribution >= 0.6 is 11.3 Å². The van der Waals surface area contributed by atoms with Crippen molar-refractivity contribution in [2.24, 2.45) is 0 Å². The Morgan fingerprint density at radius 3 is 2.95 bits per heavy atom. The third-order valence-corrected chi connectivity index (χ3v) is 4.83. The average molecular weight is 303 g/mol. The van der Waals surface area contributed by atoms with E-state index in [9.17, 15) is 4.79 Å². The lowest BCUT2D eigenvalue weighted by Gasteiger charge is -2.35. The predicted molar refractivity (Wildman–Crippen MR) is 84.7 cm³/mol. The van der Waals surface area contributed by atoms with Gasteiger partial charge < -0.3 is 4.90 Å². The van der Waals surface area contributed by atoms with Gasteiger partial charge in [0.2, 0.25) is 0 Å². The highest BCUT2D eigenvalue weighted by molar-refractivity contribution is 7.08. The van der Waals surface area contributed by atoms with Crippen LogP contribution in [0.25, 0.3) is 0 Å². The summed E-state index contributed by atoms with van der Waals surface area (Å²) in [6, 6.07) is 4.26. The molecule has 0 spiro atoms. The molecule has 1 atom stereocenters. The normalized spacial score (nSPS) is 19.0. The first-order valence-corrected chi connectivity index (χ1v) is 8.43. The van der Waals surface area contributed by atoms with Crippen LogP contribution in [0.5, 0.6) is 0 Å². The van der Waals surface area contributed by atoms with E-state index in [1.807, 2.05) is 33.3 Å². The van der Waals surface area contributed by atoms with Gasteiger partial charge in [-0.1, -0.05) is 0 Å². The van der Waals surface area contributed by atoms with Crippen LogP contribution in [-0.2, 0) is 6.54 Å². The van der Waals surface area contributed by atoms with Crippen molar-refractivity contribution in [1.29, 1.82) is 0 Å². The van der Waals surface area contributed by atoms with Crippen molar-refractivity contribution in [3.05, 3.63) is 39.8 Å². The fourth-order valence-corrected chi connectivity index (χ4v) is 3.70. The second-order valence-electron chi connectivity index (χ2n) is 5.77. The van der Waals surface area contributed by atoms with Crippen molar-refractivity contribution in [2.45, 2.75) is 45.7 Å². The van der Waals surface area contributed by atoms with Crippen LogP contribution in [0.3, 0.4) is 0 Å². The van der Waals surface area contributed by atoms with Gasteiger partial charge in [-0.25, -0.2) is 0 Å². The Balaban J connectivity index is 1.78. The number of hydrogen-bond donors (Lipinski definition) is 0. The topological polar surface area (TPSA) is 38.1 Å². The average Bonchev–Trinajstić information content (AvgIpc) is 3.09. The van der Waals surface area contributed by atoms with Crippen LogP contribution in [0.1, 0.15) is 41.0 Å². The number of aryl methyl sites for hydroxylation is 2. The molecule has 1 fully saturated rings. The summed E-state index contributed by atoms with van der Waals surface area (Å²) in [6.07, 6.45) is 3.36. The second-order valence-corrected chi connectivity index (χ2v) is 6.55. The van der Waals surface area contributed by atoms with E-state index < -0.39 is 0 Å². The van der Waals surface area contributed by atoms with Crippen LogP contribution in [0, 0.1) is 13.8 Å². The highest BCUT2D eigenvalue weighted by Crippen LogP contribution is 2.22. The van der Waals surface area contributed by atoms with Gasteiger partial charge in [0.05, 0.1) is 23.8 Å². The SMILES string of the molecule is Cc1cc(C)n(C[C@@H]2CCCCN2C(=O)c2ccsc2)n1. The standard InChI is InChI=1S/C16H21N3OS/c1-12-9-13(2)19(17-12)10-15-5-3-4-7-18(15)16(20)14-6-8-21-11-14/h6,8-9,11,15H,3-5,7,10H2,1-2H3/t15-/m0/s1. The van der Waals surface area contributed by atoms with E-state index in [-0.39, 0.29) is 11.9 Å². The minimum Gasteiger partial charge on any atom is -0.334 e. The molecule has 112 valence electrons. The predicted octanol–water partition coefficient (Wildman–Crippen LogP) is 3.26. The quantitative estimate of drug-likeness (QED) is 0.873. The smallest absolute Gasteiger partial charge is 0.255 e. The molecule has 0 N–H and O–H groups in total. The number of nitrogens with zero attached hydrogens (tertiary/aromatic N) is 3. The fourth-order valence-electron chi connectivity index (χ4n) is 3.07. The minimum absolute atomic E-state index is 0.169. The molecule has 1 saturated heterocycles. The molecule has 0 aliphatic carbocycles. The number of aromatic nitrogens is 2. The van der Waals surface area contributed by atoms with Crippen molar-refractivity contribution in [1.82, 2.24) is 14.7 Å². The Morgan fingerprint density at radius 1 is 1.43 bits per heavy atom. The van der Waals surface area contributed by atoms with Crippen LogP contribution in [0.2, 0.25) is 0 Å². The summed E-state index contributed by atoms with van der Waals surface area (Å²) in [7, 11) is 0. The summed E-state index contributed by atoms with van der Waals surface area (Å²) in [4.78, 5) is 14.7. The first-order chi connectivity index (χ1) is 10.1. The summed E-state index contributed by atoms with van der Waals surface area (Å²) in [5.74, 6) is 0.169. The van der Waals surface area contributed by atoms with Gasteiger partial charge in [0.25, 0.3) is 5.91 Å². The molecular weight excluding hydrogens is 282 g/mol. The molecule has 3 rings (SSSR count). The van der Waals surface area contributed by atoms with Gasteiger partial charge >= 0.3 is 0 Å². The molecule has 2 aromatic rings. The second kappa shape index (κ2) is 6.02. The van der Waals surface area contributed by atoms with Crippen LogP contribution < -0.4 is 0 Å². The molecule has 1 aliphatic heterocycles. The lowest BCUT2D eigenvalue weighted by Crippen LogP contribution is -2.46. The van der Waals surface area contributed by atoms with Crippen molar-refractivity contribution in [3.8, 4) is 0 Å². The Morgan fingerprint density at radius 2 is 2.29 bits per heavy atom. The number of likely N-dealkylation sites (tertiary alicyclic amines) is 1. The Hall–Kier alpha value is -1.62. The Labute approximate surface area is 129 Å². The number of piperidine rings is 1. The van der Waals surface area contributed by atoms with E-state index in [4.69, 9.17) is 0 Å². The van der Waals surface area contributed by atoms with Crippen molar-refractivity contribution >= 4 is 17.2 Å². The highest BCUT2D eigenvalue weighted by Gasteiger charge is 2.28. The largest absolute Gasteiger partial charge is 0.334 e. The molecule has 1 amide bonds. The van der Waals surface area contributed by atoms with Crippen molar-refractivity contribution in [2.75, 3.05) is 6.54 Å². The summed E-state index contributed by atoms with van der Waals surface area (Å²) in [5.41, 5.74) is 3.03. The summed E-state index contributed by atoms with van der Waals surface area (Å²) >= 11 is 1.58. The van der Waals surface area contributed by atoms with E-state index in [0.29, 0.717) is 0 Å². The molecule has 0 radical (unpaired) electrons. The molecule has 0 bridgehead atoms. The zero-order valence-electron chi connectivity index (χ0n) is 12.6. The maximum absolute atomic E-state index is 12.7. The monoisotopic (exact) mass is 303 g/mol. The maximum atomic E-state index is 12.7. The number of carbonyl (C=O) groups excluding carboxylic acids is 1. The van der Waals surface area contributed by atoms with Crippen LogP contribution in [0.4, 0.5) is 0 Å². The number of rotatable bonds is 3. The van der Waals surface area contributed by atoms with E-state index in [0.717, 1.165) is 37.2 Å². The molecule has 0 unspecified atom stereocenters. The summed E-state index contributed by atoms with van der Waals surface area (Å²) in [6.45, 7) is 5.75. The van der Waals surface area contributed by atoms with E-state index >= 15 is 0 Å². The molecule has 2 aromatic heterocycles. The summed E-state index contributed by atoms with van der Waals surface area (Å²) < 4.78 is 2.04. The Bertz CT molecular complexity index is 618. The third-order valence-electron chi connectivity index (χ3n) is 4.14. The molecular formula is C16H21N3OS. The number of thiophene rings is 1. The van der Waals surface area contributed by atoms with Gasteiger partial charge in [-0.3, -0.25) is 9.48 Å². The molecule has 1 aliphatic rings. The molecule has 3 heterocycles. The van der Waals surface area contributed by atoms with Gasteiger partial charge in [0.15, 0.2) is 0 Å². The van der Waals surface area contributed by atoms with Gasteiger partial charge in [-0.15, -0.1) is 0 Å². The van der Waals surface area contributed by atoms with Crippen LogP contribution in [-0.4, -0.2) is 33.2 Å². The van der Waals surface area contributed by atoms with Gasteiger partial charge in [-0.05, 0) is 50.6 Å². The molecule has 0 aromatic carbocycles. The molecule has 4 nitrogen and oxygen atoms in total. The first kappa shape index (κ1) is 14.3. The van der Waals surface area contributed by atoms with E-state index in [2.05, 4.69) is 18.1 Å². The first-order valence-electron chi connectivity index (χ1n) is 7.49.